The van der Waals surface area contributed by atoms with E-state index in [2.05, 4.69) is 114 Å². The topological polar surface area (TPSA) is 40.5 Å². The number of hydrogen-bond donors (Lipinski definition) is 1. The van der Waals surface area contributed by atoms with Crippen LogP contribution < -0.4 is 4.90 Å². The van der Waals surface area contributed by atoms with E-state index in [1.165, 1.54) is 28.3 Å². The molecular formula is C40H29NO2. The Morgan fingerprint density at radius 3 is 1.47 bits per heavy atom. The van der Waals surface area contributed by atoms with Gasteiger partial charge in [-0.05, 0) is 58.7 Å². The summed E-state index contributed by atoms with van der Waals surface area (Å²) < 4.78 is 0. The zero-order valence-electron chi connectivity index (χ0n) is 23.5. The van der Waals surface area contributed by atoms with Crippen molar-refractivity contribution in [1.82, 2.24) is 0 Å². The van der Waals surface area contributed by atoms with Gasteiger partial charge in [-0.3, -0.25) is 4.79 Å². The highest BCUT2D eigenvalue weighted by Gasteiger charge is 2.46. The summed E-state index contributed by atoms with van der Waals surface area (Å²) in [4.78, 5) is 15.3. The van der Waals surface area contributed by atoms with Gasteiger partial charge < -0.3 is 10.0 Å². The van der Waals surface area contributed by atoms with Crippen molar-refractivity contribution < 1.29 is 9.90 Å². The number of rotatable bonds is 6. The van der Waals surface area contributed by atoms with Crippen molar-refractivity contribution in [3.05, 3.63) is 203 Å². The van der Waals surface area contributed by atoms with E-state index in [1.54, 1.807) is 12.1 Å². The predicted molar refractivity (Wildman–Crippen MR) is 174 cm³/mol. The number of para-hydroxylation sites is 2. The summed E-state index contributed by atoms with van der Waals surface area (Å²) >= 11 is 0. The van der Waals surface area contributed by atoms with Crippen molar-refractivity contribution in [2.45, 2.75) is 5.41 Å². The average Bonchev–Trinajstić information content (AvgIpc) is 3.08. The van der Waals surface area contributed by atoms with Crippen LogP contribution in [-0.4, -0.2) is 10.9 Å². The van der Waals surface area contributed by atoms with Crippen LogP contribution in [0.2, 0.25) is 0 Å². The van der Waals surface area contributed by atoms with Crippen LogP contribution in [0.5, 0.6) is 0 Å². The Morgan fingerprint density at radius 1 is 0.512 bits per heavy atom. The summed E-state index contributed by atoms with van der Waals surface area (Å²) in [7, 11) is 0. The summed E-state index contributed by atoms with van der Waals surface area (Å²) in [6.45, 7) is 0. The van der Waals surface area contributed by atoms with E-state index in [9.17, 15) is 9.90 Å². The fourth-order valence-corrected chi connectivity index (χ4v) is 6.36. The van der Waals surface area contributed by atoms with Crippen molar-refractivity contribution in [2.75, 3.05) is 4.90 Å². The lowest BCUT2D eigenvalue weighted by Gasteiger charge is -2.46. The molecule has 0 aliphatic carbocycles. The third kappa shape index (κ3) is 4.43. The number of anilines is 3. The Kier molecular flexibility index (Phi) is 6.69. The van der Waals surface area contributed by atoms with Crippen molar-refractivity contribution in [3.8, 4) is 0 Å². The van der Waals surface area contributed by atoms with Crippen LogP contribution >= 0.6 is 0 Å². The molecule has 1 aliphatic heterocycles. The molecule has 0 saturated heterocycles. The number of aliphatic hydroxyl groups is 1. The maximum atomic E-state index is 13.1. The number of aliphatic hydroxyl groups excluding tert-OH is 1. The molecule has 1 aliphatic rings. The van der Waals surface area contributed by atoms with Crippen LogP contribution in [0.15, 0.2) is 170 Å². The van der Waals surface area contributed by atoms with Crippen LogP contribution in [0, 0.1) is 0 Å². The number of carbonyl (C=O) groups excluding carboxylic acids is 1. The normalized spacial score (nSPS) is 13.6. The molecule has 0 unspecified atom stereocenters. The van der Waals surface area contributed by atoms with E-state index >= 15 is 0 Å². The first-order chi connectivity index (χ1) is 21.2. The Hall–Kier alpha value is -5.67. The standard InChI is InChI=1S/C40H29NO2/c42-38(29-14-4-1-5-15-29)28-39(43)30-24-26-33(27-25-30)41-36-22-12-10-20-34(36)40(31-16-6-2-7-17-31,32-18-8-3-9-19-32)35-21-11-13-23-37(35)41/h1-28,42H. The molecule has 0 saturated carbocycles. The molecule has 0 bridgehead atoms. The number of hydrogen-bond acceptors (Lipinski definition) is 3. The van der Waals surface area contributed by atoms with Gasteiger partial charge in [-0.25, -0.2) is 0 Å². The molecule has 1 heterocycles. The van der Waals surface area contributed by atoms with Gasteiger partial charge >= 0.3 is 0 Å². The van der Waals surface area contributed by atoms with E-state index in [-0.39, 0.29) is 11.5 Å². The van der Waals surface area contributed by atoms with Crippen LogP contribution in [0.1, 0.15) is 38.2 Å². The summed E-state index contributed by atoms with van der Waals surface area (Å²) in [6, 6.07) is 55.3. The van der Waals surface area contributed by atoms with Crippen LogP contribution in [0.3, 0.4) is 0 Å². The molecular weight excluding hydrogens is 526 g/mol. The molecule has 43 heavy (non-hydrogen) atoms. The van der Waals surface area contributed by atoms with E-state index in [0.717, 1.165) is 17.1 Å². The SMILES string of the molecule is O=C(C=C(O)c1ccccc1)c1ccc(N2c3ccccc3C(c3ccccc3)(c3ccccc3)c3ccccc32)cc1. The largest absolute Gasteiger partial charge is 0.507 e. The maximum Gasteiger partial charge on any atom is 0.189 e. The van der Waals surface area contributed by atoms with E-state index in [1.807, 2.05) is 42.5 Å². The van der Waals surface area contributed by atoms with Gasteiger partial charge in [-0.1, -0.05) is 127 Å². The number of carbonyl (C=O) groups is 1. The molecule has 3 nitrogen and oxygen atoms in total. The van der Waals surface area contributed by atoms with Gasteiger partial charge in [-0.15, -0.1) is 0 Å². The summed E-state index contributed by atoms with van der Waals surface area (Å²) in [5, 5.41) is 10.5. The molecule has 0 fully saturated rings. The second kappa shape index (κ2) is 11.0. The zero-order chi connectivity index (χ0) is 29.2. The van der Waals surface area contributed by atoms with Crippen molar-refractivity contribution in [3.63, 3.8) is 0 Å². The minimum Gasteiger partial charge on any atom is -0.507 e. The lowest BCUT2D eigenvalue weighted by Crippen LogP contribution is -2.37. The smallest absolute Gasteiger partial charge is 0.189 e. The second-order valence-corrected chi connectivity index (χ2v) is 10.7. The van der Waals surface area contributed by atoms with Crippen LogP contribution in [-0.2, 0) is 5.41 Å². The van der Waals surface area contributed by atoms with Gasteiger partial charge in [0.05, 0.1) is 16.8 Å². The third-order valence-corrected chi connectivity index (χ3v) is 8.26. The predicted octanol–water partition coefficient (Wildman–Crippen LogP) is 9.63. The number of ketones is 1. The monoisotopic (exact) mass is 555 g/mol. The summed E-state index contributed by atoms with van der Waals surface area (Å²) in [6.07, 6.45) is 1.28. The van der Waals surface area contributed by atoms with Gasteiger partial charge in [0.25, 0.3) is 0 Å². The van der Waals surface area contributed by atoms with Crippen molar-refractivity contribution in [2.24, 2.45) is 0 Å². The first-order valence-corrected chi connectivity index (χ1v) is 14.4. The quantitative estimate of drug-likeness (QED) is 0.126. The number of fused-ring (bicyclic) bond motifs is 2. The van der Waals surface area contributed by atoms with Crippen LogP contribution in [0.4, 0.5) is 17.1 Å². The first kappa shape index (κ1) is 26.2. The summed E-state index contributed by atoms with van der Waals surface area (Å²) in [5.41, 5.74) is 8.46. The lowest BCUT2D eigenvalue weighted by atomic mass is 9.62. The Morgan fingerprint density at radius 2 is 0.953 bits per heavy atom. The fraction of sp³-hybridized carbons (Fsp3) is 0.0250. The van der Waals surface area contributed by atoms with Gasteiger partial charge in [0.1, 0.15) is 5.76 Å². The van der Waals surface area contributed by atoms with E-state index in [4.69, 9.17) is 0 Å². The summed E-state index contributed by atoms with van der Waals surface area (Å²) in [5.74, 6) is -0.300. The molecule has 0 radical (unpaired) electrons. The van der Waals surface area contributed by atoms with E-state index < -0.39 is 5.41 Å². The number of allylic oxidation sites excluding steroid dienone is 1. The lowest BCUT2D eigenvalue weighted by molar-refractivity contribution is 0.104. The molecule has 206 valence electrons. The van der Waals surface area contributed by atoms with Crippen molar-refractivity contribution >= 4 is 28.6 Å². The molecule has 3 heteroatoms. The minimum atomic E-state index is -0.526. The number of nitrogens with zero attached hydrogens (tertiary/aromatic N) is 1. The van der Waals surface area contributed by atoms with Crippen molar-refractivity contribution in [1.29, 1.82) is 0 Å². The maximum absolute atomic E-state index is 13.1. The highest BCUT2D eigenvalue weighted by Crippen LogP contribution is 2.57. The highest BCUT2D eigenvalue weighted by atomic mass is 16.3. The molecule has 7 rings (SSSR count). The molecule has 0 atom stereocenters. The minimum absolute atomic E-state index is 0.0493. The molecule has 1 N–H and O–H groups in total. The van der Waals surface area contributed by atoms with Gasteiger partial charge in [-0.2, -0.15) is 0 Å². The van der Waals surface area contributed by atoms with Gasteiger partial charge in [0.15, 0.2) is 5.78 Å². The molecule has 0 amide bonds. The molecule has 0 spiro atoms. The fourth-order valence-electron chi connectivity index (χ4n) is 6.36. The zero-order valence-corrected chi connectivity index (χ0v) is 23.5. The highest BCUT2D eigenvalue weighted by molar-refractivity contribution is 6.08. The first-order valence-electron chi connectivity index (χ1n) is 14.4. The molecule has 6 aromatic rings. The molecule has 6 aromatic carbocycles. The Bertz CT molecular complexity index is 1840. The van der Waals surface area contributed by atoms with E-state index in [0.29, 0.717) is 11.1 Å². The van der Waals surface area contributed by atoms with Gasteiger partial charge in [0, 0.05) is 22.9 Å². The Labute approximate surface area is 251 Å². The third-order valence-electron chi connectivity index (χ3n) is 8.26. The second-order valence-electron chi connectivity index (χ2n) is 10.7. The molecule has 0 aromatic heterocycles. The average molecular weight is 556 g/mol. The Balaban J connectivity index is 1.37. The van der Waals surface area contributed by atoms with Crippen LogP contribution in [0.25, 0.3) is 5.76 Å². The van der Waals surface area contributed by atoms with Gasteiger partial charge in [0.2, 0.25) is 0 Å². The number of benzene rings is 6.